The number of Topliss-reactive ketones (excluding diaryl/α,β-unsaturated/α-hetero) is 1. The first-order valence-electron chi connectivity index (χ1n) is 9.97. The maximum atomic E-state index is 13.4. The third-order valence-corrected chi connectivity index (χ3v) is 5.80. The molecule has 1 aliphatic heterocycles. The Labute approximate surface area is 178 Å². The Hall–Kier alpha value is -2.99. The van der Waals surface area contributed by atoms with Crippen LogP contribution in [0.2, 0.25) is 0 Å². The number of carbonyl (C=O) groups excluding carboxylic acids is 1. The van der Waals surface area contributed by atoms with Crippen molar-refractivity contribution in [1.29, 1.82) is 0 Å². The first kappa shape index (κ1) is 21.2. The second-order valence-corrected chi connectivity index (χ2v) is 7.56. The quantitative estimate of drug-likeness (QED) is 0.783. The van der Waals surface area contributed by atoms with E-state index in [1.54, 1.807) is 13.2 Å². The zero-order chi connectivity index (χ0) is 22.2. The molecule has 0 amide bonds. The van der Waals surface area contributed by atoms with Crippen LogP contribution in [0, 0.1) is 18.2 Å². The average Bonchev–Trinajstić information content (AvgIpc) is 3.07. The number of halogens is 3. The number of ether oxygens (including phenoxy) is 2. The molecule has 9 heteroatoms. The van der Waals surface area contributed by atoms with E-state index >= 15 is 0 Å². The number of hydrogen-bond donors (Lipinski definition) is 1. The largest absolute Gasteiger partial charge is 0.493 e. The number of piperazine rings is 1. The lowest BCUT2D eigenvalue weighted by molar-refractivity contribution is -0.138. The molecule has 31 heavy (non-hydrogen) atoms. The summed E-state index contributed by atoms with van der Waals surface area (Å²) in [5.74, 6) is 0.0989. The van der Waals surface area contributed by atoms with E-state index in [1.807, 2.05) is 0 Å². The van der Waals surface area contributed by atoms with Gasteiger partial charge in [-0.25, -0.2) is 4.98 Å². The van der Waals surface area contributed by atoms with Crippen LogP contribution in [0.5, 0.6) is 11.5 Å². The Bertz CT molecular complexity index is 988. The number of nitrogens with one attached hydrogen (secondary N) is 1. The van der Waals surface area contributed by atoms with E-state index in [2.05, 4.69) is 27.5 Å². The summed E-state index contributed by atoms with van der Waals surface area (Å²) in [7, 11) is 3.04. The SMILES string of the molecule is COc1cc2c(c(N3CCNCC3)c1OC)CC(Cc1nc#ccc1C(F)(F)F)C2=O. The number of alkyl halides is 3. The topological polar surface area (TPSA) is 63.7 Å². The molecular formula is C22H22F3N3O3. The summed E-state index contributed by atoms with van der Waals surface area (Å²) in [6, 6.07) is 4.71. The number of benzene rings is 1. The summed E-state index contributed by atoms with van der Waals surface area (Å²) in [4.78, 5) is 19.1. The fraction of sp³-hybridized carbons (Fsp3) is 0.455. The Balaban J connectivity index is 1.74. The van der Waals surface area contributed by atoms with Crippen molar-refractivity contribution in [1.82, 2.24) is 10.3 Å². The standard InChI is InChI=1S/C22H22F3N3O3/c1-30-18-12-15-14(19(21(18)31-2)28-8-6-26-7-9-28)10-13(20(15)29)11-17-16(22(23,24)25)4-3-5-27-17/h4,12-13,26H,6-11H2,1-2H3. The van der Waals surface area contributed by atoms with Gasteiger partial charge in [0.1, 0.15) is 0 Å². The van der Waals surface area contributed by atoms with Crippen molar-refractivity contribution >= 4 is 11.5 Å². The van der Waals surface area contributed by atoms with E-state index in [1.165, 1.54) is 7.11 Å². The molecule has 1 unspecified atom stereocenters. The summed E-state index contributed by atoms with van der Waals surface area (Å²) in [5.41, 5.74) is 0.963. The molecule has 1 aliphatic carbocycles. The molecule has 2 aromatic rings. The number of aromatic nitrogens is 1. The van der Waals surface area contributed by atoms with Gasteiger partial charge in [0.25, 0.3) is 0 Å². The number of fused-ring (bicyclic) bond motifs is 1. The van der Waals surface area contributed by atoms with Crippen LogP contribution >= 0.6 is 0 Å². The number of rotatable bonds is 5. The predicted molar refractivity (Wildman–Crippen MR) is 107 cm³/mol. The van der Waals surface area contributed by atoms with E-state index in [9.17, 15) is 18.0 Å². The second kappa shape index (κ2) is 8.27. The summed E-state index contributed by atoms with van der Waals surface area (Å²) < 4.78 is 51.2. The molecule has 1 fully saturated rings. The highest BCUT2D eigenvalue weighted by Gasteiger charge is 2.40. The smallest absolute Gasteiger partial charge is 0.418 e. The molecule has 6 nitrogen and oxygen atoms in total. The van der Waals surface area contributed by atoms with Gasteiger partial charge in [-0.3, -0.25) is 4.79 Å². The van der Waals surface area contributed by atoms with Crippen LogP contribution in [0.1, 0.15) is 27.2 Å². The number of carbonyl (C=O) groups is 1. The summed E-state index contributed by atoms with van der Waals surface area (Å²) in [6.45, 7) is 3.00. The molecule has 0 radical (unpaired) electrons. The number of anilines is 1. The van der Waals surface area contributed by atoms with Gasteiger partial charge in [0, 0.05) is 56.3 Å². The average molecular weight is 433 g/mol. The van der Waals surface area contributed by atoms with Gasteiger partial charge in [-0.05, 0) is 24.1 Å². The van der Waals surface area contributed by atoms with E-state index in [-0.39, 0.29) is 17.9 Å². The van der Waals surface area contributed by atoms with E-state index in [0.29, 0.717) is 23.5 Å². The van der Waals surface area contributed by atoms with Gasteiger partial charge in [-0.15, -0.1) is 0 Å². The highest BCUT2D eigenvalue weighted by atomic mass is 19.4. The van der Waals surface area contributed by atoms with Crippen molar-refractivity contribution in [3.05, 3.63) is 46.8 Å². The molecule has 2 heterocycles. The summed E-state index contributed by atoms with van der Waals surface area (Å²) in [5, 5.41) is 3.29. The van der Waals surface area contributed by atoms with Crippen molar-refractivity contribution in [2.45, 2.75) is 19.0 Å². The molecular weight excluding hydrogens is 411 g/mol. The molecule has 0 spiro atoms. The van der Waals surface area contributed by atoms with Gasteiger partial charge in [0.2, 0.25) is 0 Å². The Kier molecular flexibility index (Phi) is 5.67. The van der Waals surface area contributed by atoms with E-state index in [4.69, 9.17) is 9.47 Å². The van der Waals surface area contributed by atoms with Crippen molar-refractivity contribution < 1.29 is 27.4 Å². The fourth-order valence-electron chi connectivity index (χ4n) is 4.37. The summed E-state index contributed by atoms with van der Waals surface area (Å²) in [6.07, 6.45) is -2.04. The lowest BCUT2D eigenvalue weighted by Crippen LogP contribution is -2.44. The number of ketones is 1. The van der Waals surface area contributed by atoms with Crippen molar-refractivity contribution in [2.24, 2.45) is 5.92 Å². The fourth-order valence-corrected chi connectivity index (χ4v) is 4.37. The van der Waals surface area contributed by atoms with E-state index < -0.39 is 17.7 Å². The molecule has 0 bridgehead atoms. The van der Waals surface area contributed by atoms with Crippen LogP contribution in [-0.4, -0.2) is 51.2 Å². The molecule has 4 rings (SSSR count). The monoisotopic (exact) mass is 433 g/mol. The Morgan fingerprint density at radius 3 is 2.65 bits per heavy atom. The molecule has 1 aromatic heterocycles. The third-order valence-electron chi connectivity index (χ3n) is 5.80. The molecule has 1 N–H and O–H groups in total. The van der Waals surface area contributed by atoms with Gasteiger partial charge >= 0.3 is 6.18 Å². The predicted octanol–water partition coefficient (Wildman–Crippen LogP) is 2.73. The van der Waals surface area contributed by atoms with Crippen LogP contribution in [0.3, 0.4) is 0 Å². The highest BCUT2D eigenvalue weighted by Crippen LogP contribution is 2.47. The lowest BCUT2D eigenvalue weighted by Gasteiger charge is -2.32. The van der Waals surface area contributed by atoms with Crippen LogP contribution in [0.4, 0.5) is 18.9 Å². The van der Waals surface area contributed by atoms with Crippen molar-refractivity contribution in [3.8, 4) is 11.5 Å². The minimum absolute atomic E-state index is 0.126. The molecule has 0 saturated carbocycles. The van der Waals surface area contributed by atoms with Gasteiger partial charge in [0.05, 0.1) is 31.2 Å². The minimum Gasteiger partial charge on any atom is -0.493 e. The molecule has 1 atom stereocenters. The van der Waals surface area contributed by atoms with Gasteiger partial charge in [0.15, 0.2) is 17.3 Å². The maximum Gasteiger partial charge on any atom is 0.418 e. The second-order valence-electron chi connectivity index (χ2n) is 7.56. The molecule has 1 saturated heterocycles. The van der Waals surface area contributed by atoms with Crippen LogP contribution in [-0.2, 0) is 19.0 Å². The summed E-state index contributed by atoms with van der Waals surface area (Å²) >= 11 is 0. The first-order valence-corrected chi connectivity index (χ1v) is 9.97. The highest BCUT2D eigenvalue weighted by molar-refractivity contribution is 6.05. The van der Waals surface area contributed by atoms with Gasteiger partial charge < -0.3 is 19.7 Å². The zero-order valence-corrected chi connectivity index (χ0v) is 17.2. The van der Waals surface area contributed by atoms with Crippen LogP contribution in [0.15, 0.2) is 12.1 Å². The number of methoxy groups -OCH3 is 2. The molecule has 164 valence electrons. The lowest BCUT2D eigenvalue weighted by atomic mass is 9.96. The van der Waals surface area contributed by atoms with Crippen molar-refractivity contribution in [2.75, 3.05) is 45.3 Å². The number of hydrogen-bond acceptors (Lipinski definition) is 6. The normalized spacial score (nSPS) is 18.5. The molecule has 2 aliphatic rings. The van der Waals surface area contributed by atoms with Crippen LogP contribution < -0.4 is 19.7 Å². The van der Waals surface area contributed by atoms with E-state index in [0.717, 1.165) is 43.5 Å². The Morgan fingerprint density at radius 1 is 1.26 bits per heavy atom. The number of nitrogens with zero attached hydrogens (tertiary/aromatic N) is 2. The van der Waals surface area contributed by atoms with Crippen molar-refractivity contribution in [3.63, 3.8) is 0 Å². The van der Waals surface area contributed by atoms with Gasteiger partial charge in [-0.2, -0.15) is 13.2 Å². The Morgan fingerprint density at radius 2 is 2.00 bits per heavy atom. The minimum atomic E-state index is -4.57. The van der Waals surface area contributed by atoms with Crippen LogP contribution in [0.25, 0.3) is 0 Å². The van der Waals surface area contributed by atoms with Gasteiger partial charge in [-0.1, -0.05) is 0 Å². The maximum absolute atomic E-state index is 13.4. The first-order chi connectivity index (χ1) is 14.8. The molecule has 1 aromatic carbocycles. The third kappa shape index (κ3) is 3.88. The zero-order valence-electron chi connectivity index (χ0n) is 17.2.